The number of nitrogens with one attached hydrogen (secondary N) is 1. The number of hydrogen-bond acceptors (Lipinski definition) is 5. The lowest BCUT2D eigenvalue weighted by Gasteiger charge is -2.21. The fourth-order valence-corrected chi connectivity index (χ4v) is 2.69. The first-order valence-corrected chi connectivity index (χ1v) is 6.91. The van der Waals surface area contributed by atoms with E-state index < -0.39 is 17.5 Å². The minimum atomic E-state index is -1.07. The van der Waals surface area contributed by atoms with Gasteiger partial charge in [0.25, 0.3) is 5.91 Å². The number of fused-ring (bicyclic) bond motifs is 1. The van der Waals surface area contributed by atoms with Gasteiger partial charge in [0.05, 0.1) is 6.54 Å². The van der Waals surface area contributed by atoms with Gasteiger partial charge in [-0.05, 0) is 31.5 Å². The summed E-state index contributed by atoms with van der Waals surface area (Å²) in [5.41, 5.74) is -0.231. The van der Waals surface area contributed by atoms with Crippen molar-refractivity contribution in [3.8, 4) is 11.5 Å². The molecule has 1 aromatic carbocycles. The van der Waals surface area contributed by atoms with Gasteiger partial charge in [-0.15, -0.1) is 0 Å². The van der Waals surface area contributed by atoms with Crippen molar-refractivity contribution in [2.75, 3.05) is 13.3 Å². The highest BCUT2D eigenvalue weighted by Gasteiger charge is 2.48. The number of nitrogens with zero attached hydrogens (tertiary/aromatic N) is 1. The Balaban J connectivity index is 1.81. The quantitative estimate of drug-likeness (QED) is 0.834. The van der Waals surface area contributed by atoms with Crippen LogP contribution in [0.15, 0.2) is 18.2 Å². The fraction of sp³-hybridized carbons (Fsp3) is 0.400. The largest absolute Gasteiger partial charge is 0.454 e. The Bertz CT molecular complexity index is 672. The standard InChI is InChI=1S/C15H16N2O5/c1-9(18)7-17-13(19)15(2,16-14(17)20)6-10-3-4-11-12(5-10)22-8-21-11/h3-5H,6-8H2,1-2H3,(H,16,20)/t15-/m0/s1. The molecule has 2 aliphatic rings. The van der Waals surface area contributed by atoms with E-state index in [1.54, 1.807) is 19.1 Å². The molecule has 0 spiro atoms. The lowest BCUT2D eigenvalue weighted by molar-refractivity contribution is -0.133. The van der Waals surface area contributed by atoms with Crippen molar-refractivity contribution in [1.29, 1.82) is 0 Å². The summed E-state index contributed by atoms with van der Waals surface area (Å²) < 4.78 is 10.6. The molecule has 2 heterocycles. The molecule has 22 heavy (non-hydrogen) atoms. The Morgan fingerprint density at radius 1 is 1.32 bits per heavy atom. The molecule has 0 bridgehead atoms. The maximum absolute atomic E-state index is 12.4. The summed E-state index contributed by atoms with van der Waals surface area (Å²) in [7, 11) is 0. The average Bonchev–Trinajstić information content (AvgIpc) is 2.97. The van der Waals surface area contributed by atoms with Crippen LogP contribution < -0.4 is 14.8 Å². The Morgan fingerprint density at radius 2 is 2.05 bits per heavy atom. The SMILES string of the molecule is CC(=O)CN1C(=O)N[C@@](C)(Cc2ccc3c(c2)OCO3)C1=O. The molecule has 0 unspecified atom stereocenters. The third kappa shape index (κ3) is 2.38. The van der Waals surface area contributed by atoms with E-state index in [9.17, 15) is 14.4 Å². The normalized spacial score (nSPS) is 22.9. The molecule has 1 N–H and O–H groups in total. The van der Waals surface area contributed by atoms with Crippen LogP contribution in [0.1, 0.15) is 19.4 Å². The van der Waals surface area contributed by atoms with Crippen molar-refractivity contribution in [1.82, 2.24) is 10.2 Å². The van der Waals surface area contributed by atoms with E-state index in [-0.39, 0.29) is 19.1 Å². The van der Waals surface area contributed by atoms with Crippen LogP contribution >= 0.6 is 0 Å². The van der Waals surface area contributed by atoms with Gasteiger partial charge in [0.15, 0.2) is 11.5 Å². The summed E-state index contributed by atoms with van der Waals surface area (Å²) in [5, 5.41) is 2.66. The summed E-state index contributed by atoms with van der Waals surface area (Å²) in [6.45, 7) is 2.96. The molecule has 7 heteroatoms. The van der Waals surface area contributed by atoms with Gasteiger partial charge in [-0.1, -0.05) is 6.07 Å². The Labute approximate surface area is 127 Å². The molecule has 3 amide bonds. The number of rotatable bonds is 4. The van der Waals surface area contributed by atoms with Crippen molar-refractivity contribution in [3.63, 3.8) is 0 Å². The Morgan fingerprint density at radius 3 is 2.77 bits per heavy atom. The van der Waals surface area contributed by atoms with Crippen molar-refractivity contribution >= 4 is 17.7 Å². The number of urea groups is 1. The molecule has 116 valence electrons. The van der Waals surface area contributed by atoms with E-state index in [1.807, 2.05) is 6.07 Å². The highest BCUT2D eigenvalue weighted by Crippen LogP contribution is 2.34. The molecule has 0 saturated carbocycles. The number of Topliss-reactive ketones (excluding diaryl/α,β-unsaturated/α-hetero) is 1. The number of hydrogen-bond donors (Lipinski definition) is 1. The first-order chi connectivity index (χ1) is 10.4. The molecule has 7 nitrogen and oxygen atoms in total. The summed E-state index contributed by atoms with van der Waals surface area (Å²) >= 11 is 0. The van der Waals surface area contributed by atoms with Gasteiger partial charge in [-0.25, -0.2) is 4.79 Å². The molecule has 1 saturated heterocycles. The second kappa shape index (κ2) is 5.01. The van der Waals surface area contributed by atoms with Crippen LogP contribution in [0.25, 0.3) is 0 Å². The molecule has 0 aliphatic carbocycles. The zero-order valence-electron chi connectivity index (χ0n) is 12.3. The zero-order chi connectivity index (χ0) is 15.9. The van der Waals surface area contributed by atoms with Gasteiger partial charge in [0, 0.05) is 6.42 Å². The lowest BCUT2D eigenvalue weighted by Crippen LogP contribution is -2.46. The van der Waals surface area contributed by atoms with E-state index in [0.717, 1.165) is 10.5 Å². The van der Waals surface area contributed by atoms with Crippen molar-refractivity contribution in [2.24, 2.45) is 0 Å². The minimum Gasteiger partial charge on any atom is -0.454 e. The second-order valence-electron chi connectivity index (χ2n) is 5.72. The number of ketones is 1. The Kier molecular flexibility index (Phi) is 3.27. The first-order valence-electron chi connectivity index (χ1n) is 6.91. The molecule has 3 rings (SSSR count). The van der Waals surface area contributed by atoms with Crippen LogP contribution in [0.5, 0.6) is 11.5 Å². The molecular weight excluding hydrogens is 288 g/mol. The van der Waals surface area contributed by atoms with Crippen LogP contribution in [0.2, 0.25) is 0 Å². The molecule has 0 radical (unpaired) electrons. The minimum absolute atomic E-state index is 0.179. The average molecular weight is 304 g/mol. The molecule has 1 atom stereocenters. The van der Waals surface area contributed by atoms with Crippen LogP contribution in [-0.4, -0.2) is 41.5 Å². The number of imide groups is 1. The monoisotopic (exact) mass is 304 g/mol. The number of amides is 3. The van der Waals surface area contributed by atoms with E-state index in [0.29, 0.717) is 17.9 Å². The predicted molar refractivity (Wildman–Crippen MR) is 75.6 cm³/mol. The number of carbonyl (C=O) groups is 3. The maximum atomic E-state index is 12.4. The summed E-state index contributed by atoms with van der Waals surface area (Å²) in [5.74, 6) is 0.647. The number of benzene rings is 1. The van der Waals surface area contributed by atoms with Crippen LogP contribution in [0, 0.1) is 0 Å². The maximum Gasteiger partial charge on any atom is 0.325 e. The molecule has 1 fully saturated rings. The third-order valence-corrected chi connectivity index (χ3v) is 3.72. The van der Waals surface area contributed by atoms with Gasteiger partial charge in [-0.2, -0.15) is 0 Å². The molecule has 1 aromatic rings. The third-order valence-electron chi connectivity index (χ3n) is 3.72. The van der Waals surface area contributed by atoms with E-state index in [1.165, 1.54) is 6.92 Å². The van der Waals surface area contributed by atoms with Gasteiger partial charge < -0.3 is 14.8 Å². The number of carbonyl (C=O) groups excluding carboxylic acids is 3. The van der Waals surface area contributed by atoms with E-state index in [4.69, 9.17) is 9.47 Å². The van der Waals surface area contributed by atoms with Crippen molar-refractivity contribution in [2.45, 2.75) is 25.8 Å². The lowest BCUT2D eigenvalue weighted by atomic mass is 9.92. The van der Waals surface area contributed by atoms with Crippen molar-refractivity contribution in [3.05, 3.63) is 23.8 Å². The van der Waals surface area contributed by atoms with Gasteiger partial charge in [0.2, 0.25) is 6.79 Å². The Hall–Kier alpha value is -2.57. The summed E-state index contributed by atoms with van der Waals surface area (Å²) in [4.78, 5) is 36.5. The van der Waals surface area contributed by atoms with Crippen LogP contribution in [0.3, 0.4) is 0 Å². The molecule has 2 aliphatic heterocycles. The van der Waals surface area contributed by atoms with Gasteiger partial charge in [0.1, 0.15) is 11.3 Å². The number of ether oxygens (including phenoxy) is 2. The van der Waals surface area contributed by atoms with E-state index >= 15 is 0 Å². The first kappa shape index (κ1) is 14.4. The highest BCUT2D eigenvalue weighted by atomic mass is 16.7. The smallest absolute Gasteiger partial charge is 0.325 e. The highest BCUT2D eigenvalue weighted by molar-refractivity contribution is 6.08. The summed E-state index contributed by atoms with van der Waals surface area (Å²) in [6, 6.07) is 4.85. The van der Waals surface area contributed by atoms with Crippen molar-refractivity contribution < 1.29 is 23.9 Å². The van der Waals surface area contributed by atoms with E-state index in [2.05, 4.69) is 5.32 Å². The second-order valence-corrected chi connectivity index (χ2v) is 5.72. The fourth-order valence-electron chi connectivity index (χ4n) is 2.69. The van der Waals surface area contributed by atoms with Gasteiger partial charge in [-0.3, -0.25) is 14.5 Å². The topological polar surface area (TPSA) is 84.9 Å². The van der Waals surface area contributed by atoms with Crippen LogP contribution in [-0.2, 0) is 16.0 Å². The van der Waals surface area contributed by atoms with Gasteiger partial charge >= 0.3 is 6.03 Å². The predicted octanol–water partition coefficient (Wildman–Crippen LogP) is 0.857. The summed E-state index contributed by atoms with van der Waals surface area (Å²) in [6.07, 6.45) is 0.308. The zero-order valence-corrected chi connectivity index (χ0v) is 12.3. The van der Waals surface area contributed by atoms with Crippen LogP contribution in [0.4, 0.5) is 4.79 Å². The molecular formula is C15H16N2O5. The molecule has 0 aromatic heterocycles.